The fraction of sp³-hybridized carbons (Fsp3) is 0.833. The third-order valence-corrected chi connectivity index (χ3v) is 4.03. The molecule has 0 aromatic carbocycles. The van der Waals surface area contributed by atoms with Crippen LogP contribution in [0.4, 0.5) is 5.13 Å². The van der Waals surface area contributed by atoms with Gasteiger partial charge in [-0.15, -0.1) is 0 Å². The van der Waals surface area contributed by atoms with Crippen LogP contribution in [0.5, 0.6) is 0 Å². The molecule has 5 heteroatoms. The van der Waals surface area contributed by atoms with Crippen molar-refractivity contribution in [1.29, 1.82) is 0 Å². The third kappa shape index (κ3) is 3.92. The lowest BCUT2D eigenvalue weighted by Gasteiger charge is -2.26. The first kappa shape index (κ1) is 12.8. The second-order valence-electron chi connectivity index (χ2n) is 4.86. The SMILES string of the molecule is COCCc1nsc(NC2CCC(C)CC2)n1. The van der Waals surface area contributed by atoms with Gasteiger partial charge in [-0.25, -0.2) is 4.98 Å². The fourth-order valence-corrected chi connectivity index (χ4v) is 2.88. The van der Waals surface area contributed by atoms with Gasteiger partial charge in [0.05, 0.1) is 6.61 Å². The van der Waals surface area contributed by atoms with Crippen LogP contribution >= 0.6 is 11.5 Å². The van der Waals surface area contributed by atoms with Gasteiger partial charge in [0.1, 0.15) is 5.82 Å². The topological polar surface area (TPSA) is 47.0 Å². The van der Waals surface area contributed by atoms with Crippen molar-refractivity contribution >= 4 is 16.7 Å². The van der Waals surface area contributed by atoms with E-state index in [1.165, 1.54) is 37.2 Å². The third-order valence-electron chi connectivity index (χ3n) is 3.34. The monoisotopic (exact) mass is 255 g/mol. The van der Waals surface area contributed by atoms with E-state index in [-0.39, 0.29) is 0 Å². The number of methoxy groups -OCH3 is 1. The van der Waals surface area contributed by atoms with Crippen LogP contribution in [0, 0.1) is 5.92 Å². The highest BCUT2D eigenvalue weighted by molar-refractivity contribution is 7.09. The van der Waals surface area contributed by atoms with Crippen molar-refractivity contribution in [2.24, 2.45) is 5.92 Å². The molecule has 0 radical (unpaired) electrons. The van der Waals surface area contributed by atoms with E-state index in [0.29, 0.717) is 12.6 Å². The van der Waals surface area contributed by atoms with Crippen molar-refractivity contribution in [2.75, 3.05) is 19.0 Å². The summed E-state index contributed by atoms with van der Waals surface area (Å²) < 4.78 is 9.34. The van der Waals surface area contributed by atoms with E-state index in [1.807, 2.05) is 0 Å². The summed E-state index contributed by atoms with van der Waals surface area (Å²) in [7, 11) is 1.70. The lowest BCUT2D eigenvalue weighted by molar-refractivity contribution is 0.201. The first-order valence-electron chi connectivity index (χ1n) is 6.36. The molecule has 4 nitrogen and oxygen atoms in total. The number of aromatic nitrogens is 2. The van der Waals surface area contributed by atoms with Gasteiger partial charge in [-0.2, -0.15) is 4.37 Å². The average Bonchev–Trinajstić information content (AvgIpc) is 2.77. The predicted molar refractivity (Wildman–Crippen MR) is 70.5 cm³/mol. The summed E-state index contributed by atoms with van der Waals surface area (Å²) in [5.74, 6) is 1.78. The Bertz CT molecular complexity index is 334. The zero-order valence-corrected chi connectivity index (χ0v) is 11.4. The first-order chi connectivity index (χ1) is 8.28. The fourth-order valence-electron chi connectivity index (χ4n) is 2.19. The Morgan fingerprint density at radius 3 is 2.82 bits per heavy atom. The van der Waals surface area contributed by atoms with Crippen LogP contribution < -0.4 is 5.32 Å². The number of nitrogens with zero attached hydrogens (tertiary/aromatic N) is 2. The van der Waals surface area contributed by atoms with Crippen LogP contribution in [0.25, 0.3) is 0 Å². The Labute approximate surface area is 107 Å². The van der Waals surface area contributed by atoms with Crippen molar-refractivity contribution in [1.82, 2.24) is 9.36 Å². The van der Waals surface area contributed by atoms with Crippen LogP contribution in [0.1, 0.15) is 38.4 Å². The minimum Gasteiger partial charge on any atom is -0.384 e. The molecule has 0 atom stereocenters. The maximum atomic E-state index is 5.02. The summed E-state index contributed by atoms with van der Waals surface area (Å²) >= 11 is 1.47. The lowest BCUT2D eigenvalue weighted by Crippen LogP contribution is -2.25. The maximum Gasteiger partial charge on any atom is 0.202 e. The van der Waals surface area contributed by atoms with Gasteiger partial charge in [-0.3, -0.25) is 0 Å². The Kier molecular flexibility index (Phi) is 4.74. The van der Waals surface area contributed by atoms with Crippen molar-refractivity contribution in [3.05, 3.63) is 5.82 Å². The molecule has 96 valence electrons. The second-order valence-corrected chi connectivity index (χ2v) is 5.61. The number of ether oxygens (including phenoxy) is 1. The van der Waals surface area contributed by atoms with E-state index < -0.39 is 0 Å². The van der Waals surface area contributed by atoms with Crippen molar-refractivity contribution < 1.29 is 4.74 Å². The zero-order chi connectivity index (χ0) is 12.1. The Hall–Kier alpha value is -0.680. The summed E-state index contributed by atoms with van der Waals surface area (Å²) in [5.41, 5.74) is 0. The lowest BCUT2D eigenvalue weighted by atomic mass is 9.87. The predicted octanol–water partition coefficient (Wildman–Crippen LogP) is 2.72. The molecule has 1 N–H and O–H groups in total. The smallest absolute Gasteiger partial charge is 0.202 e. The van der Waals surface area contributed by atoms with Crippen LogP contribution in [-0.2, 0) is 11.2 Å². The van der Waals surface area contributed by atoms with Crippen LogP contribution in [0.2, 0.25) is 0 Å². The Morgan fingerprint density at radius 1 is 1.35 bits per heavy atom. The quantitative estimate of drug-likeness (QED) is 0.879. The summed E-state index contributed by atoms with van der Waals surface area (Å²) in [6.07, 6.45) is 5.97. The van der Waals surface area contributed by atoms with E-state index in [4.69, 9.17) is 4.74 Å². The van der Waals surface area contributed by atoms with E-state index in [1.54, 1.807) is 7.11 Å². The summed E-state index contributed by atoms with van der Waals surface area (Å²) in [6, 6.07) is 0.592. The van der Waals surface area contributed by atoms with Gasteiger partial charge in [-0.1, -0.05) is 6.92 Å². The number of hydrogen-bond acceptors (Lipinski definition) is 5. The van der Waals surface area contributed by atoms with Gasteiger partial charge in [0.15, 0.2) is 0 Å². The molecule has 2 rings (SSSR count). The highest BCUT2D eigenvalue weighted by Crippen LogP contribution is 2.26. The normalized spacial score (nSPS) is 24.8. The minimum absolute atomic E-state index is 0.592. The van der Waals surface area contributed by atoms with E-state index in [0.717, 1.165) is 23.3 Å². The molecule has 1 heterocycles. The second kappa shape index (κ2) is 6.31. The first-order valence-corrected chi connectivity index (χ1v) is 7.13. The molecule has 0 saturated heterocycles. The molecule has 1 saturated carbocycles. The zero-order valence-electron chi connectivity index (χ0n) is 10.6. The largest absolute Gasteiger partial charge is 0.384 e. The molecule has 1 aromatic heterocycles. The van der Waals surface area contributed by atoms with Gasteiger partial charge >= 0.3 is 0 Å². The number of rotatable bonds is 5. The molecule has 1 aromatic rings. The molecule has 0 spiro atoms. The van der Waals surface area contributed by atoms with Crippen LogP contribution in [-0.4, -0.2) is 29.1 Å². The van der Waals surface area contributed by atoms with E-state index in [9.17, 15) is 0 Å². The summed E-state index contributed by atoms with van der Waals surface area (Å²) in [6.45, 7) is 3.03. The minimum atomic E-state index is 0.592. The molecule has 0 amide bonds. The molecule has 17 heavy (non-hydrogen) atoms. The van der Waals surface area contributed by atoms with Gasteiger partial charge in [0, 0.05) is 31.1 Å². The molecular formula is C12H21N3OS. The molecule has 1 aliphatic rings. The highest BCUT2D eigenvalue weighted by Gasteiger charge is 2.19. The molecule has 1 aliphatic carbocycles. The highest BCUT2D eigenvalue weighted by atomic mass is 32.1. The standard InChI is InChI=1S/C12H21N3OS/c1-9-3-5-10(6-4-9)13-12-14-11(15-17-12)7-8-16-2/h9-10H,3-8H2,1-2H3,(H,13,14,15). The van der Waals surface area contributed by atoms with Gasteiger partial charge in [0.2, 0.25) is 5.13 Å². The molecular weight excluding hydrogens is 234 g/mol. The van der Waals surface area contributed by atoms with Gasteiger partial charge in [-0.05, 0) is 31.6 Å². The van der Waals surface area contributed by atoms with Crippen LogP contribution in [0.15, 0.2) is 0 Å². The Morgan fingerprint density at radius 2 is 2.12 bits per heavy atom. The average molecular weight is 255 g/mol. The molecule has 0 aliphatic heterocycles. The number of anilines is 1. The van der Waals surface area contributed by atoms with Crippen molar-refractivity contribution in [3.8, 4) is 0 Å². The molecule has 0 unspecified atom stereocenters. The summed E-state index contributed by atoms with van der Waals surface area (Å²) in [5, 5.41) is 4.47. The van der Waals surface area contributed by atoms with Crippen molar-refractivity contribution in [2.45, 2.75) is 45.1 Å². The molecule has 1 fully saturated rings. The van der Waals surface area contributed by atoms with E-state index in [2.05, 4.69) is 21.6 Å². The number of hydrogen-bond donors (Lipinski definition) is 1. The van der Waals surface area contributed by atoms with Gasteiger partial charge in [0.25, 0.3) is 0 Å². The summed E-state index contributed by atoms with van der Waals surface area (Å²) in [4.78, 5) is 4.48. The number of nitrogens with one attached hydrogen (secondary N) is 1. The van der Waals surface area contributed by atoms with Gasteiger partial charge < -0.3 is 10.1 Å². The van der Waals surface area contributed by atoms with Crippen molar-refractivity contribution in [3.63, 3.8) is 0 Å². The van der Waals surface area contributed by atoms with Crippen LogP contribution in [0.3, 0.4) is 0 Å². The van der Waals surface area contributed by atoms with E-state index >= 15 is 0 Å². The maximum absolute atomic E-state index is 5.02. The Balaban J connectivity index is 1.80. The molecule has 0 bridgehead atoms.